The molecule has 17 heavy (non-hydrogen) atoms. The zero-order valence-electron chi connectivity index (χ0n) is 11.0. The normalized spacial score (nSPS) is 18.5. The second-order valence-corrected chi connectivity index (χ2v) is 6.49. The number of hydrogen-bond donors (Lipinski definition) is 0. The molecule has 1 aliphatic carbocycles. The van der Waals surface area contributed by atoms with Crippen LogP contribution in [0.3, 0.4) is 0 Å². The SMILES string of the molecule is CCOP(=O)(CCOC1CCCCC1)OCC. The molecule has 0 atom stereocenters. The maximum Gasteiger partial charge on any atom is 0.332 e. The molecule has 0 bridgehead atoms. The van der Waals surface area contributed by atoms with E-state index in [1.54, 1.807) is 0 Å². The molecule has 0 saturated heterocycles. The smallest absolute Gasteiger partial charge is 0.332 e. The lowest BCUT2D eigenvalue weighted by Gasteiger charge is -2.23. The van der Waals surface area contributed by atoms with Crippen molar-refractivity contribution in [3.8, 4) is 0 Å². The van der Waals surface area contributed by atoms with Crippen LogP contribution in [0.5, 0.6) is 0 Å². The van der Waals surface area contributed by atoms with E-state index in [0.717, 1.165) is 12.8 Å². The molecule has 0 radical (unpaired) electrons. The summed E-state index contributed by atoms with van der Waals surface area (Å²) in [6.07, 6.45) is 6.79. The number of ether oxygens (including phenoxy) is 1. The van der Waals surface area contributed by atoms with Crippen LogP contribution in [0.1, 0.15) is 46.0 Å². The molecule has 1 aliphatic rings. The van der Waals surface area contributed by atoms with Crippen molar-refractivity contribution >= 4 is 7.60 Å². The minimum absolute atomic E-state index is 0.348. The summed E-state index contributed by atoms with van der Waals surface area (Å²) < 4.78 is 28.3. The Labute approximate surface area is 105 Å². The molecule has 0 spiro atoms. The van der Waals surface area contributed by atoms with Gasteiger partial charge in [-0.15, -0.1) is 0 Å². The van der Waals surface area contributed by atoms with Crippen molar-refractivity contribution < 1.29 is 18.3 Å². The molecular weight excluding hydrogens is 239 g/mol. The average Bonchev–Trinajstić information content (AvgIpc) is 2.31. The van der Waals surface area contributed by atoms with Crippen LogP contribution in [-0.2, 0) is 18.3 Å². The van der Waals surface area contributed by atoms with Crippen molar-refractivity contribution in [2.24, 2.45) is 0 Å². The fourth-order valence-electron chi connectivity index (χ4n) is 2.12. The highest BCUT2D eigenvalue weighted by Gasteiger charge is 2.24. The summed E-state index contributed by atoms with van der Waals surface area (Å²) >= 11 is 0. The van der Waals surface area contributed by atoms with Gasteiger partial charge in [0.25, 0.3) is 0 Å². The summed E-state index contributed by atoms with van der Waals surface area (Å²) in [5, 5.41) is 0. The van der Waals surface area contributed by atoms with Crippen molar-refractivity contribution in [3.05, 3.63) is 0 Å². The molecule has 1 saturated carbocycles. The van der Waals surface area contributed by atoms with Gasteiger partial charge < -0.3 is 13.8 Å². The predicted molar refractivity (Wildman–Crippen MR) is 68.6 cm³/mol. The standard InChI is InChI=1S/C12H25O4P/c1-3-15-17(13,16-4-2)11-10-14-12-8-6-5-7-9-12/h12H,3-11H2,1-2H3. The maximum atomic E-state index is 12.1. The molecule has 0 unspecified atom stereocenters. The largest absolute Gasteiger partial charge is 0.378 e. The van der Waals surface area contributed by atoms with Crippen molar-refractivity contribution in [2.75, 3.05) is 26.0 Å². The van der Waals surface area contributed by atoms with E-state index in [2.05, 4.69) is 0 Å². The monoisotopic (exact) mass is 264 g/mol. The Hall–Kier alpha value is 0.110. The minimum Gasteiger partial charge on any atom is -0.378 e. The molecule has 4 nitrogen and oxygen atoms in total. The average molecular weight is 264 g/mol. The highest BCUT2D eigenvalue weighted by molar-refractivity contribution is 7.53. The van der Waals surface area contributed by atoms with Crippen LogP contribution >= 0.6 is 7.60 Å². The van der Waals surface area contributed by atoms with Gasteiger partial charge in [0.05, 0.1) is 32.1 Å². The highest BCUT2D eigenvalue weighted by atomic mass is 31.2. The third-order valence-corrected chi connectivity index (χ3v) is 4.96. The van der Waals surface area contributed by atoms with Crippen molar-refractivity contribution in [2.45, 2.75) is 52.1 Å². The van der Waals surface area contributed by atoms with Gasteiger partial charge in [0.1, 0.15) is 0 Å². The first-order valence-corrected chi connectivity index (χ1v) is 8.42. The van der Waals surface area contributed by atoms with Crippen LogP contribution in [0.15, 0.2) is 0 Å². The molecule has 1 rings (SSSR count). The molecular formula is C12H25O4P. The third-order valence-electron chi connectivity index (χ3n) is 2.92. The first-order chi connectivity index (χ1) is 8.20. The summed E-state index contributed by atoms with van der Waals surface area (Å²) in [6.45, 7) is 4.96. The van der Waals surface area contributed by atoms with E-state index in [0.29, 0.717) is 32.1 Å². The van der Waals surface area contributed by atoms with E-state index >= 15 is 0 Å². The van der Waals surface area contributed by atoms with Gasteiger partial charge in [0.2, 0.25) is 0 Å². The van der Waals surface area contributed by atoms with E-state index in [4.69, 9.17) is 13.8 Å². The Morgan fingerprint density at radius 1 is 1.06 bits per heavy atom. The summed E-state index contributed by atoms with van der Waals surface area (Å²) in [5.41, 5.74) is 0. The lowest BCUT2D eigenvalue weighted by Crippen LogP contribution is -2.19. The lowest BCUT2D eigenvalue weighted by atomic mass is 9.98. The van der Waals surface area contributed by atoms with Crippen LogP contribution in [0, 0.1) is 0 Å². The Kier molecular flexibility index (Phi) is 7.36. The lowest BCUT2D eigenvalue weighted by molar-refractivity contribution is 0.0353. The predicted octanol–water partition coefficient (Wildman–Crippen LogP) is 3.60. The van der Waals surface area contributed by atoms with Crippen LogP contribution in [0.2, 0.25) is 0 Å². The Bertz CT molecular complexity index is 229. The minimum atomic E-state index is -2.91. The first kappa shape index (κ1) is 15.2. The Morgan fingerprint density at radius 2 is 1.65 bits per heavy atom. The van der Waals surface area contributed by atoms with Crippen molar-refractivity contribution in [1.82, 2.24) is 0 Å². The van der Waals surface area contributed by atoms with Crippen LogP contribution in [0.25, 0.3) is 0 Å². The van der Waals surface area contributed by atoms with E-state index in [1.165, 1.54) is 19.3 Å². The first-order valence-electron chi connectivity index (χ1n) is 6.70. The van der Waals surface area contributed by atoms with Crippen molar-refractivity contribution in [1.29, 1.82) is 0 Å². The van der Waals surface area contributed by atoms with Crippen LogP contribution < -0.4 is 0 Å². The zero-order chi connectivity index (χ0) is 12.6. The van der Waals surface area contributed by atoms with Crippen LogP contribution in [-0.4, -0.2) is 32.1 Å². The molecule has 0 heterocycles. The van der Waals surface area contributed by atoms with Gasteiger partial charge in [-0.2, -0.15) is 0 Å². The highest BCUT2D eigenvalue weighted by Crippen LogP contribution is 2.47. The molecule has 5 heteroatoms. The fourth-order valence-corrected chi connectivity index (χ4v) is 3.57. The molecule has 1 fully saturated rings. The summed E-state index contributed by atoms with van der Waals surface area (Å²) in [4.78, 5) is 0. The zero-order valence-corrected chi connectivity index (χ0v) is 11.9. The van der Waals surface area contributed by atoms with E-state index in [9.17, 15) is 4.57 Å². The van der Waals surface area contributed by atoms with Gasteiger partial charge in [0, 0.05) is 0 Å². The summed E-state index contributed by atoms with van der Waals surface area (Å²) in [6, 6.07) is 0. The van der Waals surface area contributed by atoms with Gasteiger partial charge in [-0.25, -0.2) is 0 Å². The molecule has 102 valence electrons. The Balaban J connectivity index is 2.23. The van der Waals surface area contributed by atoms with Gasteiger partial charge in [-0.1, -0.05) is 19.3 Å². The molecule has 0 aromatic rings. The number of hydrogen-bond acceptors (Lipinski definition) is 4. The van der Waals surface area contributed by atoms with Gasteiger partial charge in [-0.3, -0.25) is 4.57 Å². The second kappa shape index (κ2) is 8.25. The van der Waals surface area contributed by atoms with Gasteiger partial charge in [-0.05, 0) is 26.7 Å². The quantitative estimate of drug-likeness (QED) is 0.628. The van der Waals surface area contributed by atoms with E-state index < -0.39 is 7.60 Å². The fraction of sp³-hybridized carbons (Fsp3) is 1.00. The van der Waals surface area contributed by atoms with Crippen molar-refractivity contribution in [3.63, 3.8) is 0 Å². The van der Waals surface area contributed by atoms with E-state index in [-0.39, 0.29) is 0 Å². The topological polar surface area (TPSA) is 44.8 Å². The third kappa shape index (κ3) is 6.01. The molecule has 0 N–H and O–H groups in total. The molecule has 0 aromatic heterocycles. The van der Waals surface area contributed by atoms with E-state index in [1.807, 2.05) is 13.8 Å². The second-order valence-electron chi connectivity index (χ2n) is 4.30. The number of rotatable bonds is 8. The van der Waals surface area contributed by atoms with Gasteiger partial charge in [0.15, 0.2) is 0 Å². The summed E-state index contributed by atoms with van der Waals surface area (Å²) in [5.74, 6) is 0. The Morgan fingerprint density at radius 3 is 2.18 bits per heavy atom. The summed E-state index contributed by atoms with van der Waals surface area (Å²) in [7, 11) is -2.91. The molecule has 0 aromatic carbocycles. The molecule has 0 aliphatic heterocycles. The maximum absolute atomic E-state index is 12.1. The van der Waals surface area contributed by atoms with Crippen LogP contribution in [0.4, 0.5) is 0 Å². The van der Waals surface area contributed by atoms with Gasteiger partial charge >= 0.3 is 7.60 Å². The molecule has 0 amide bonds.